The normalized spacial score (nSPS) is 12.2. The lowest BCUT2D eigenvalue weighted by atomic mass is 10.0. The van der Waals surface area contributed by atoms with E-state index in [1.165, 1.54) is 5.56 Å². The number of hydrogen-bond acceptors (Lipinski definition) is 6. The minimum absolute atomic E-state index is 0.163. The second kappa shape index (κ2) is 15.2. The number of aryl methyl sites for hydroxylation is 1. The van der Waals surface area contributed by atoms with E-state index >= 15 is 0 Å². The van der Waals surface area contributed by atoms with E-state index < -0.39 is 24.1 Å². The van der Waals surface area contributed by atoms with E-state index in [0.717, 1.165) is 19.4 Å². The molecule has 0 aliphatic rings. The number of aliphatic hydroxyl groups is 2. The third kappa shape index (κ3) is 11.1. The van der Waals surface area contributed by atoms with Gasteiger partial charge in [-0.3, -0.25) is 0 Å². The third-order valence-corrected chi connectivity index (χ3v) is 4.54. The highest BCUT2D eigenvalue weighted by Gasteiger charge is 2.16. The van der Waals surface area contributed by atoms with Crippen molar-refractivity contribution in [1.29, 1.82) is 0 Å². The van der Waals surface area contributed by atoms with Gasteiger partial charge in [0.25, 0.3) is 0 Å². The van der Waals surface area contributed by atoms with Crippen LogP contribution < -0.4 is 10.1 Å². The molecule has 2 rings (SSSR count). The maximum Gasteiger partial charge on any atom is 0.414 e. The zero-order chi connectivity index (χ0) is 23.9. The summed E-state index contributed by atoms with van der Waals surface area (Å²) in [6.07, 6.45) is 1.06. The Morgan fingerprint density at radius 1 is 1.06 bits per heavy atom. The molecule has 0 saturated carbocycles. The van der Waals surface area contributed by atoms with E-state index in [1.54, 1.807) is 18.2 Å². The van der Waals surface area contributed by atoms with Crippen LogP contribution in [0.25, 0.3) is 0 Å². The highest BCUT2D eigenvalue weighted by Crippen LogP contribution is 2.31. The Morgan fingerprint density at radius 3 is 2.31 bits per heavy atom. The van der Waals surface area contributed by atoms with Gasteiger partial charge in [-0.1, -0.05) is 48.9 Å². The first-order valence-electron chi connectivity index (χ1n) is 10.2. The Labute approximate surface area is 192 Å². The van der Waals surface area contributed by atoms with Crippen LogP contribution in [0.4, 0.5) is 0 Å². The first-order chi connectivity index (χ1) is 15.2. The number of rotatable bonds is 11. The van der Waals surface area contributed by atoms with Crippen LogP contribution in [0.3, 0.4) is 0 Å². The zero-order valence-corrected chi connectivity index (χ0v) is 18.7. The third-order valence-electron chi connectivity index (χ3n) is 4.30. The number of ether oxygens (including phenoxy) is 1. The molecule has 0 fully saturated rings. The van der Waals surface area contributed by atoms with Crippen LogP contribution in [0.2, 0.25) is 5.02 Å². The molecule has 0 saturated heterocycles. The molecule has 2 unspecified atom stereocenters. The number of carboxylic acid groups (broad SMARTS) is 2. The van der Waals surface area contributed by atoms with Gasteiger partial charge in [0.15, 0.2) is 0 Å². The molecule has 2 aromatic rings. The van der Waals surface area contributed by atoms with Crippen molar-refractivity contribution in [3.8, 4) is 5.75 Å². The molecule has 2 atom stereocenters. The second-order valence-corrected chi connectivity index (χ2v) is 7.44. The molecule has 0 aliphatic carbocycles. The fourth-order valence-corrected chi connectivity index (χ4v) is 2.89. The van der Waals surface area contributed by atoms with E-state index in [4.69, 9.17) is 36.1 Å². The smallest absolute Gasteiger partial charge is 0.414 e. The van der Waals surface area contributed by atoms with Crippen LogP contribution >= 0.6 is 11.6 Å². The van der Waals surface area contributed by atoms with Gasteiger partial charge in [-0.25, -0.2) is 9.59 Å². The number of carbonyl (C=O) groups is 2. The molecule has 32 heavy (non-hydrogen) atoms. The number of carboxylic acids is 2. The number of aliphatic hydroxyl groups excluding tert-OH is 2. The molecule has 176 valence electrons. The Morgan fingerprint density at radius 2 is 1.72 bits per heavy atom. The number of benzene rings is 2. The Kier molecular flexibility index (Phi) is 13.0. The molecule has 9 heteroatoms. The fraction of sp³-hybridized carbons (Fsp3) is 0.391. The van der Waals surface area contributed by atoms with Crippen LogP contribution in [0.5, 0.6) is 5.75 Å². The lowest BCUT2D eigenvalue weighted by molar-refractivity contribution is -0.159. The standard InChI is InChI=1S/C21H28ClNO3.C2H2O4/c1-2-12-23-14-18(24)15-26-21-11-9-17(22)13-19(21)20(25)10-8-16-6-4-3-5-7-16;3-1(4)2(5)6/h3-7,9,11,13,18,20,23-25H,2,8,10,12,14-15H2,1H3;(H,3,4)(H,5,6). The largest absolute Gasteiger partial charge is 0.490 e. The van der Waals surface area contributed by atoms with Crippen molar-refractivity contribution in [3.05, 3.63) is 64.7 Å². The number of nitrogens with one attached hydrogen (secondary N) is 1. The summed E-state index contributed by atoms with van der Waals surface area (Å²) in [6.45, 7) is 3.58. The number of halogens is 1. The summed E-state index contributed by atoms with van der Waals surface area (Å²) in [5, 5.41) is 39.1. The van der Waals surface area contributed by atoms with Gasteiger partial charge in [0.2, 0.25) is 0 Å². The topological polar surface area (TPSA) is 136 Å². The first-order valence-corrected chi connectivity index (χ1v) is 10.6. The van der Waals surface area contributed by atoms with Gasteiger partial charge < -0.3 is 30.5 Å². The van der Waals surface area contributed by atoms with E-state index in [1.807, 2.05) is 30.3 Å². The minimum atomic E-state index is -1.82. The summed E-state index contributed by atoms with van der Waals surface area (Å²) in [6, 6.07) is 15.2. The average Bonchev–Trinajstić information content (AvgIpc) is 2.77. The molecule has 2 aromatic carbocycles. The van der Waals surface area contributed by atoms with E-state index in [9.17, 15) is 10.2 Å². The van der Waals surface area contributed by atoms with Crippen molar-refractivity contribution in [2.75, 3.05) is 19.7 Å². The molecule has 0 heterocycles. The van der Waals surface area contributed by atoms with Gasteiger partial charge in [0.1, 0.15) is 18.5 Å². The lowest BCUT2D eigenvalue weighted by Gasteiger charge is -2.19. The lowest BCUT2D eigenvalue weighted by Crippen LogP contribution is -2.32. The fourth-order valence-electron chi connectivity index (χ4n) is 2.71. The van der Waals surface area contributed by atoms with E-state index in [2.05, 4.69) is 12.2 Å². The van der Waals surface area contributed by atoms with Crippen molar-refractivity contribution < 1.29 is 34.8 Å². The molecular formula is C23H30ClNO7. The summed E-state index contributed by atoms with van der Waals surface area (Å²) in [4.78, 5) is 18.2. The van der Waals surface area contributed by atoms with Crippen LogP contribution in [-0.2, 0) is 16.0 Å². The molecule has 0 aliphatic heterocycles. The highest BCUT2D eigenvalue weighted by molar-refractivity contribution is 6.30. The SMILES string of the molecule is CCCNCC(O)COc1ccc(Cl)cc1C(O)CCc1ccccc1.O=C(O)C(=O)O. The quantitative estimate of drug-likeness (QED) is 0.251. The minimum Gasteiger partial charge on any atom is -0.490 e. The van der Waals surface area contributed by atoms with Crippen LogP contribution in [-0.4, -0.2) is 58.2 Å². The van der Waals surface area contributed by atoms with Crippen molar-refractivity contribution in [3.63, 3.8) is 0 Å². The summed E-state index contributed by atoms with van der Waals surface area (Å²) in [5.74, 6) is -3.09. The summed E-state index contributed by atoms with van der Waals surface area (Å²) >= 11 is 6.10. The second-order valence-electron chi connectivity index (χ2n) is 7.00. The van der Waals surface area contributed by atoms with Crippen LogP contribution in [0.15, 0.2) is 48.5 Å². The molecule has 0 amide bonds. The molecule has 0 aromatic heterocycles. The molecular weight excluding hydrogens is 438 g/mol. The average molecular weight is 468 g/mol. The van der Waals surface area contributed by atoms with Gasteiger partial charge in [-0.2, -0.15) is 0 Å². The maximum absolute atomic E-state index is 10.6. The number of hydrogen-bond donors (Lipinski definition) is 5. The Bertz CT molecular complexity index is 820. The molecule has 5 N–H and O–H groups in total. The Balaban J connectivity index is 0.000000751. The van der Waals surface area contributed by atoms with Crippen LogP contribution in [0.1, 0.15) is 37.0 Å². The summed E-state index contributed by atoms with van der Waals surface area (Å²) in [5.41, 5.74) is 1.83. The van der Waals surface area contributed by atoms with Crippen molar-refractivity contribution in [2.24, 2.45) is 0 Å². The monoisotopic (exact) mass is 467 g/mol. The van der Waals surface area contributed by atoms with Crippen molar-refractivity contribution in [1.82, 2.24) is 5.32 Å². The van der Waals surface area contributed by atoms with Gasteiger partial charge in [0.05, 0.1) is 6.10 Å². The van der Waals surface area contributed by atoms with Gasteiger partial charge >= 0.3 is 11.9 Å². The van der Waals surface area contributed by atoms with Gasteiger partial charge in [-0.15, -0.1) is 0 Å². The Hall–Kier alpha value is -2.65. The molecule has 8 nitrogen and oxygen atoms in total. The van der Waals surface area contributed by atoms with Crippen LogP contribution in [0, 0.1) is 0 Å². The first kappa shape index (κ1) is 27.4. The van der Waals surface area contributed by atoms with Crippen molar-refractivity contribution >= 4 is 23.5 Å². The summed E-state index contributed by atoms with van der Waals surface area (Å²) < 4.78 is 5.75. The molecule has 0 radical (unpaired) electrons. The number of aliphatic carboxylic acids is 2. The molecule has 0 spiro atoms. The zero-order valence-electron chi connectivity index (χ0n) is 17.9. The predicted molar refractivity (Wildman–Crippen MR) is 121 cm³/mol. The van der Waals surface area contributed by atoms with Crippen molar-refractivity contribution in [2.45, 2.75) is 38.4 Å². The van der Waals surface area contributed by atoms with E-state index in [-0.39, 0.29) is 6.61 Å². The molecule has 0 bridgehead atoms. The van der Waals surface area contributed by atoms with Gasteiger partial charge in [-0.05, 0) is 49.6 Å². The highest BCUT2D eigenvalue weighted by atomic mass is 35.5. The summed E-state index contributed by atoms with van der Waals surface area (Å²) in [7, 11) is 0. The maximum atomic E-state index is 10.6. The van der Waals surface area contributed by atoms with Gasteiger partial charge in [0, 0.05) is 17.1 Å². The predicted octanol–water partition coefficient (Wildman–Crippen LogP) is 2.90. The van der Waals surface area contributed by atoms with E-state index in [0.29, 0.717) is 29.3 Å².